The number of hydrogen-bond donors (Lipinski definition) is 1. The molecule has 0 aromatic heterocycles. The van der Waals surface area contributed by atoms with Crippen molar-refractivity contribution < 1.29 is 0 Å². The van der Waals surface area contributed by atoms with Crippen LogP contribution in [0.2, 0.25) is 0 Å². The van der Waals surface area contributed by atoms with Gasteiger partial charge in [0.25, 0.3) is 0 Å². The molecule has 0 aliphatic heterocycles. The first-order chi connectivity index (χ1) is 7.18. The molecule has 0 aromatic carbocycles. The van der Waals surface area contributed by atoms with E-state index >= 15 is 0 Å². The van der Waals surface area contributed by atoms with Crippen molar-refractivity contribution in [2.45, 2.75) is 65.0 Å². The van der Waals surface area contributed by atoms with E-state index in [2.05, 4.69) is 44.3 Å². The molecule has 0 saturated heterocycles. The second kappa shape index (κ2) is 6.84. The summed E-state index contributed by atoms with van der Waals surface area (Å²) in [5.41, 5.74) is 1.43. The van der Waals surface area contributed by atoms with E-state index in [0.29, 0.717) is 12.1 Å². The Morgan fingerprint density at radius 1 is 1.53 bits per heavy atom. The SMILES string of the molecule is CC(C)=CCCC(C)NC1C=CCCC1. The molecule has 0 radical (unpaired) electrons. The van der Waals surface area contributed by atoms with Crippen molar-refractivity contribution in [1.82, 2.24) is 5.32 Å². The normalized spacial score (nSPS) is 22.5. The minimum Gasteiger partial charge on any atom is -0.308 e. The maximum absolute atomic E-state index is 3.68. The van der Waals surface area contributed by atoms with Crippen molar-refractivity contribution in [1.29, 1.82) is 0 Å². The van der Waals surface area contributed by atoms with Crippen LogP contribution < -0.4 is 5.32 Å². The van der Waals surface area contributed by atoms with Crippen LogP contribution in [0.25, 0.3) is 0 Å². The lowest BCUT2D eigenvalue weighted by atomic mass is 10.0. The summed E-state index contributed by atoms with van der Waals surface area (Å²) in [4.78, 5) is 0. The van der Waals surface area contributed by atoms with Gasteiger partial charge in [0.1, 0.15) is 0 Å². The smallest absolute Gasteiger partial charge is 0.0252 e. The van der Waals surface area contributed by atoms with E-state index in [9.17, 15) is 0 Å². The molecule has 2 atom stereocenters. The zero-order valence-electron chi connectivity index (χ0n) is 10.4. The van der Waals surface area contributed by atoms with Gasteiger partial charge in [0, 0.05) is 12.1 Å². The standard InChI is InChI=1S/C14H25N/c1-12(2)8-7-9-13(3)15-14-10-5-4-6-11-14/h5,8,10,13-15H,4,6-7,9,11H2,1-3H3. The summed E-state index contributed by atoms with van der Waals surface area (Å²) in [5, 5.41) is 3.68. The van der Waals surface area contributed by atoms with Crippen LogP contribution in [-0.2, 0) is 0 Å². The average molecular weight is 207 g/mol. The molecular weight excluding hydrogens is 182 g/mol. The quantitative estimate of drug-likeness (QED) is 0.676. The van der Waals surface area contributed by atoms with Gasteiger partial charge < -0.3 is 5.32 Å². The highest BCUT2D eigenvalue weighted by Crippen LogP contribution is 2.12. The van der Waals surface area contributed by atoms with E-state index in [4.69, 9.17) is 0 Å². The van der Waals surface area contributed by atoms with Crippen LogP contribution >= 0.6 is 0 Å². The molecule has 2 unspecified atom stereocenters. The second-order valence-electron chi connectivity index (χ2n) is 4.89. The first-order valence-corrected chi connectivity index (χ1v) is 6.24. The molecule has 1 nitrogen and oxygen atoms in total. The van der Waals surface area contributed by atoms with Gasteiger partial charge in [-0.3, -0.25) is 0 Å². The van der Waals surface area contributed by atoms with Gasteiger partial charge in [0.15, 0.2) is 0 Å². The van der Waals surface area contributed by atoms with E-state index in [1.165, 1.54) is 37.7 Å². The number of rotatable bonds is 5. The summed E-state index contributed by atoms with van der Waals surface area (Å²) in [6.07, 6.45) is 13.3. The lowest BCUT2D eigenvalue weighted by Gasteiger charge is -2.22. The largest absolute Gasteiger partial charge is 0.308 e. The molecule has 0 saturated carbocycles. The molecule has 0 spiro atoms. The lowest BCUT2D eigenvalue weighted by Crippen LogP contribution is -2.35. The van der Waals surface area contributed by atoms with E-state index in [1.807, 2.05) is 0 Å². The second-order valence-corrected chi connectivity index (χ2v) is 4.89. The van der Waals surface area contributed by atoms with E-state index in [1.54, 1.807) is 0 Å². The Labute approximate surface area is 94.6 Å². The number of nitrogens with one attached hydrogen (secondary N) is 1. The predicted molar refractivity (Wildman–Crippen MR) is 68.0 cm³/mol. The summed E-state index contributed by atoms with van der Waals surface area (Å²) < 4.78 is 0. The van der Waals surface area contributed by atoms with Crippen LogP contribution in [0.1, 0.15) is 52.9 Å². The molecule has 15 heavy (non-hydrogen) atoms. The third-order valence-electron chi connectivity index (χ3n) is 2.91. The fourth-order valence-electron chi connectivity index (χ4n) is 2.02. The van der Waals surface area contributed by atoms with Gasteiger partial charge in [-0.2, -0.15) is 0 Å². The van der Waals surface area contributed by atoms with Crippen LogP contribution in [0.4, 0.5) is 0 Å². The van der Waals surface area contributed by atoms with Crippen molar-refractivity contribution in [3.8, 4) is 0 Å². The number of hydrogen-bond acceptors (Lipinski definition) is 1. The summed E-state index contributed by atoms with van der Waals surface area (Å²) in [6.45, 7) is 6.63. The minimum atomic E-state index is 0.625. The van der Waals surface area contributed by atoms with Gasteiger partial charge in [-0.15, -0.1) is 0 Å². The maximum atomic E-state index is 3.68. The molecule has 1 aliphatic carbocycles. The van der Waals surface area contributed by atoms with Crippen molar-refractivity contribution in [3.05, 3.63) is 23.8 Å². The van der Waals surface area contributed by atoms with Crippen LogP contribution in [0.3, 0.4) is 0 Å². The first kappa shape index (κ1) is 12.5. The van der Waals surface area contributed by atoms with Gasteiger partial charge in [-0.1, -0.05) is 23.8 Å². The maximum Gasteiger partial charge on any atom is 0.0252 e. The van der Waals surface area contributed by atoms with Crippen LogP contribution in [0, 0.1) is 0 Å². The molecule has 0 heterocycles. The monoisotopic (exact) mass is 207 g/mol. The molecule has 1 aliphatic rings. The van der Waals surface area contributed by atoms with E-state index < -0.39 is 0 Å². The molecule has 1 rings (SSSR count). The fraction of sp³-hybridized carbons (Fsp3) is 0.714. The Balaban J connectivity index is 2.17. The lowest BCUT2D eigenvalue weighted by molar-refractivity contribution is 0.441. The van der Waals surface area contributed by atoms with Gasteiger partial charge in [0.2, 0.25) is 0 Å². The summed E-state index contributed by atoms with van der Waals surface area (Å²) in [5.74, 6) is 0. The van der Waals surface area contributed by atoms with Crippen LogP contribution in [0.15, 0.2) is 23.8 Å². The highest BCUT2D eigenvalue weighted by Gasteiger charge is 2.10. The van der Waals surface area contributed by atoms with E-state index in [-0.39, 0.29) is 0 Å². The Bertz CT molecular complexity index is 223. The fourth-order valence-corrected chi connectivity index (χ4v) is 2.02. The van der Waals surface area contributed by atoms with Gasteiger partial charge >= 0.3 is 0 Å². The van der Waals surface area contributed by atoms with Crippen LogP contribution in [-0.4, -0.2) is 12.1 Å². The Hall–Kier alpha value is -0.560. The molecule has 0 fully saturated rings. The molecule has 1 heteroatoms. The Morgan fingerprint density at radius 3 is 2.93 bits per heavy atom. The highest BCUT2D eigenvalue weighted by molar-refractivity contribution is 4.98. The first-order valence-electron chi connectivity index (χ1n) is 6.24. The third-order valence-corrected chi connectivity index (χ3v) is 2.91. The molecular formula is C14H25N. The number of allylic oxidation sites excluding steroid dienone is 3. The molecule has 1 N–H and O–H groups in total. The topological polar surface area (TPSA) is 12.0 Å². The summed E-state index contributed by atoms with van der Waals surface area (Å²) in [7, 11) is 0. The van der Waals surface area contributed by atoms with Crippen molar-refractivity contribution in [2.75, 3.05) is 0 Å². The predicted octanol–water partition coefficient (Wildman–Crippen LogP) is 3.82. The zero-order valence-corrected chi connectivity index (χ0v) is 10.4. The molecule has 0 amide bonds. The van der Waals surface area contributed by atoms with Gasteiger partial charge in [-0.25, -0.2) is 0 Å². The Morgan fingerprint density at radius 2 is 2.33 bits per heavy atom. The van der Waals surface area contributed by atoms with Gasteiger partial charge in [-0.05, 0) is 52.9 Å². The Kier molecular flexibility index (Phi) is 5.70. The third kappa shape index (κ3) is 5.78. The van der Waals surface area contributed by atoms with Crippen molar-refractivity contribution in [3.63, 3.8) is 0 Å². The summed E-state index contributed by atoms with van der Waals surface area (Å²) >= 11 is 0. The van der Waals surface area contributed by atoms with E-state index in [0.717, 1.165) is 0 Å². The highest BCUT2D eigenvalue weighted by atomic mass is 14.9. The van der Waals surface area contributed by atoms with Gasteiger partial charge in [0.05, 0.1) is 0 Å². The van der Waals surface area contributed by atoms with Crippen LogP contribution in [0.5, 0.6) is 0 Å². The minimum absolute atomic E-state index is 0.625. The molecule has 86 valence electrons. The average Bonchev–Trinajstić information content (AvgIpc) is 2.18. The molecule has 0 aromatic rings. The summed E-state index contributed by atoms with van der Waals surface area (Å²) in [6, 6.07) is 1.26. The van der Waals surface area contributed by atoms with Crippen molar-refractivity contribution in [2.24, 2.45) is 0 Å². The molecule has 0 bridgehead atoms. The zero-order chi connectivity index (χ0) is 11.1. The van der Waals surface area contributed by atoms with Crippen molar-refractivity contribution >= 4 is 0 Å².